The molecule has 1 aromatic carbocycles. The van der Waals surface area contributed by atoms with Crippen molar-refractivity contribution in [2.24, 2.45) is 0 Å². The standard InChI is InChI=1S/C13H15Cl2NO2/c1-18-9-6-11(16-7-9)12(17)5-8-3-2-4-10(14)13(8)15/h2-4,9,11,16H,5-7H2,1H3. The predicted octanol–water partition coefficient (Wildman–Crippen LogP) is 2.48. The van der Waals surface area contributed by atoms with E-state index >= 15 is 0 Å². The van der Waals surface area contributed by atoms with Crippen molar-refractivity contribution in [1.82, 2.24) is 5.32 Å². The number of ketones is 1. The van der Waals surface area contributed by atoms with Gasteiger partial charge < -0.3 is 10.1 Å². The molecule has 0 bridgehead atoms. The number of Topliss-reactive ketones (excluding diaryl/α,β-unsaturated/α-hetero) is 1. The molecule has 5 heteroatoms. The smallest absolute Gasteiger partial charge is 0.154 e. The largest absolute Gasteiger partial charge is 0.380 e. The Labute approximate surface area is 116 Å². The quantitative estimate of drug-likeness (QED) is 0.925. The van der Waals surface area contributed by atoms with E-state index in [-0.39, 0.29) is 17.9 Å². The van der Waals surface area contributed by atoms with Crippen LogP contribution in [0.15, 0.2) is 18.2 Å². The molecule has 2 unspecified atom stereocenters. The van der Waals surface area contributed by atoms with Crippen LogP contribution in [-0.4, -0.2) is 31.6 Å². The minimum absolute atomic E-state index is 0.119. The number of halogens is 2. The van der Waals surface area contributed by atoms with Crippen LogP contribution in [-0.2, 0) is 16.0 Å². The van der Waals surface area contributed by atoms with E-state index in [9.17, 15) is 4.79 Å². The number of ether oxygens (including phenoxy) is 1. The number of benzene rings is 1. The lowest BCUT2D eigenvalue weighted by Crippen LogP contribution is -2.31. The Morgan fingerprint density at radius 3 is 2.94 bits per heavy atom. The lowest BCUT2D eigenvalue weighted by molar-refractivity contribution is -0.120. The fourth-order valence-electron chi connectivity index (χ4n) is 2.12. The zero-order chi connectivity index (χ0) is 13.1. The molecule has 1 aromatic rings. The van der Waals surface area contributed by atoms with Gasteiger partial charge in [0, 0.05) is 20.1 Å². The van der Waals surface area contributed by atoms with Crippen LogP contribution in [0.2, 0.25) is 10.0 Å². The highest BCUT2D eigenvalue weighted by Crippen LogP contribution is 2.26. The van der Waals surface area contributed by atoms with Gasteiger partial charge in [-0.3, -0.25) is 4.79 Å². The van der Waals surface area contributed by atoms with Crippen LogP contribution in [0.4, 0.5) is 0 Å². The number of rotatable bonds is 4. The minimum atomic E-state index is -0.148. The lowest BCUT2D eigenvalue weighted by atomic mass is 10.0. The van der Waals surface area contributed by atoms with E-state index in [2.05, 4.69) is 5.32 Å². The number of hydrogen-bond donors (Lipinski definition) is 1. The van der Waals surface area contributed by atoms with Gasteiger partial charge >= 0.3 is 0 Å². The van der Waals surface area contributed by atoms with Gasteiger partial charge in [-0.2, -0.15) is 0 Å². The van der Waals surface area contributed by atoms with Gasteiger partial charge in [-0.25, -0.2) is 0 Å². The van der Waals surface area contributed by atoms with Gasteiger partial charge in [-0.1, -0.05) is 35.3 Å². The van der Waals surface area contributed by atoms with Crippen molar-refractivity contribution in [3.05, 3.63) is 33.8 Å². The molecule has 0 amide bonds. The minimum Gasteiger partial charge on any atom is -0.380 e. The van der Waals surface area contributed by atoms with Crippen molar-refractivity contribution in [3.8, 4) is 0 Å². The van der Waals surface area contributed by atoms with Crippen LogP contribution < -0.4 is 5.32 Å². The maximum atomic E-state index is 12.1. The maximum Gasteiger partial charge on any atom is 0.154 e. The Kier molecular flexibility index (Phi) is 4.62. The second-order valence-corrected chi connectivity index (χ2v) is 5.20. The summed E-state index contributed by atoms with van der Waals surface area (Å²) < 4.78 is 5.22. The number of methoxy groups -OCH3 is 1. The molecule has 0 spiro atoms. The SMILES string of the molecule is COC1CNC(C(=O)Cc2cccc(Cl)c2Cl)C1. The van der Waals surface area contributed by atoms with Crippen LogP contribution in [0, 0.1) is 0 Å². The van der Waals surface area contributed by atoms with E-state index in [1.54, 1.807) is 19.2 Å². The average molecular weight is 288 g/mol. The van der Waals surface area contributed by atoms with Gasteiger partial charge in [-0.05, 0) is 18.1 Å². The molecular weight excluding hydrogens is 273 g/mol. The molecule has 98 valence electrons. The van der Waals surface area contributed by atoms with Gasteiger partial charge in [0.25, 0.3) is 0 Å². The molecule has 18 heavy (non-hydrogen) atoms. The number of hydrogen-bond acceptors (Lipinski definition) is 3. The molecule has 1 saturated heterocycles. The van der Waals surface area contributed by atoms with Crippen LogP contribution in [0.25, 0.3) is 0 Å². The van der Waals surface area contributed by atoms with Gasteiger partial charge in [0.1, 0.15) is 0 Å². The normalized spacial score (nSPS) is 23.3. The van der Waals surface area contributed by atoms with Crippen LogP contribution in [0.3, 0.4) is 0 Å². The van der Waals surface area contributed by atoms with Crippen molar-refractivity contribution in [2.75, 3.05) is 13.7 Å². The molecule has 1 aliphatic rings. The number of carbonyl (C=O) groups excluding carboxylic acids is 1. The summed E-state index contributed by atoms with van der Waals surface area (Å²) in [5, 5.41) is 4.11. The highest BCUT2D eigenvalue weighted by molar-refractivity contribution is 6.42. The third-order valence-electron chi connectivity index (χ3n) is 3.21. The third-order valence-corrected chi connectivity index (χ3v) is 4.07. The molecule has 0 saturated carbocycles. The first kappa shape index (κ1) is 13.8. The fourth-order valence-corrected chi connectivity index (χ4v) is 2.51. The van der Waals surface area contributed by atoms with Gasteiger partial charge in [0.15, 0.2) is 5.78 Å². The first-order valence-corrected chi connectivity index (χ1v) is 6.59. The average Bonchev–Trinajstić information content (AvgIpc) is 2.83. The zero-order valence-corrected chi connectivity index (χ0v) is 11.6. The third kappa shape index (κ3) is 3.04. The van der Waals surface area contributed by atoms with Crippen molar-refractivity contribution in [3.63, 3.8) is 0 Å². The molecule has 0 aliphatic carbocycles. The van der Waals surface area contributed by atoms with E-state index in [0.29, 0.717) is 22.9 Å². The Bertz CT molecular complexity index is 451. The van der Waals surface area contributed by atoms with E-state index < -0.39 is 0 Å². The molecule has 1 fully saturated rings. The molecule has 1 aliphatic heterocycles. The molecule has 1 heterocycles. The van der Waals surface area contributed by atoms with E-state index in [1.807, 2.05) is 6.07 Å². The highest BCUT2D eigenvalue weighted by atomic mass is 35.5. The second kappa shape index (κ2) is 6.02. The highest BCUT2D eigenvalue weighted by Gasteiger charge is 2.29. The Morgan fingerprint density at radius 2 is 2.28 bits per heavy atom. The van der Waals surface area contributed by atoms with Crippen molar-refractivity contribution < 1.29 is 9.53 Å². The van der Waals surface area contributed by atoms with Crippen LogP contribution in [0.1, 0.15) is 12.0 Å². The Hall–Kier alpha value is -0.610. The van der Waals surface area contributed by atoms with Gasteiger partial charge in [0.2, 0.25) is 0 Å². The van der Waals surface area contributed by atoms with E-state index in [0.717, 1.165) is 12.1 Å². The summed E-state index contributed by atoms with van der Waals surface area (Å²) in [6.07, 6.45) is 1.13. The summed E-state index contributed by atoms with van der Waals surface area (Å²) in [5.41, 5.74) is 0.775. The summed E-state index contributed by atoms with van der Waals surface area (Å²) in [4.78, 5) is 12.1. The molecular formula is C13H15Cl2NO2. The Morgan fingerprint density at radius 1 is 1.50 bits per heavy atom. The molecule has 0 radical (unpaired) electrons. The predicted molar refractivity (Wildman–Crippen MR) is 72.4 cm³/mol. The lowest BCUT2D eigenvalue weighted by Gasteiger charge is -2.10. The Balaban J connectivity index is 2.01. The summed E-state index contributed by atoms with van der Waals surface area (Å²) in [6.45, 7) is 0.718. The molecule has 3 nitrogen and oxygen atoms in total. The topological polar surface area (TPSA) is 38.3 Å². The van der Waals surface area contributed by atoms with Crippen molar-refractivity contribution in [2.45, 2.75) is 25.0 Å². The van der Waals surface area contributed by atoms with Crippen LogP contribution in [0.5, 0.6) is 0 Å². The fraction of sp³-hybridized carbons (Fsp3) is 0.462. The summed E-state index contributed by atoms with van der Waals surface area (Å²) in [7, 11) is 1.66. The van der Waals surface area contributed by atoms with Gasteiger partial charge in [-0.15, -0.1) is 0 Å². The van der Waals surface area contributed by atoms with Crippen molar-refractivity contribution in [1.29, 1.82) is 0 Å². The molecule has 0 aromatic heterocycles. The zero-order valence-electron chi connectivity index (χ0n) is 10.1. The van der Waals surface area contributed by atoms with E-state index in [1.165, 1.54) is 0 Å². The molecule has 2 rings (SSSR count). The maximum absolute atomic E-state index is 12.1. The number of carbonyl (C=O) groups is 1. The molecule has 2 atom stereocenters. The molecule has 1 N–H and O–H groups in total. The van der Waals surface area contributed by atoms with Crippen LogP contribution >= 0.6 is 23.2 Å². The summed E-state index contributed by atoms with van der Waals surface area (Å²) >= 11 is 12.0. The van der Waals surface area contributed by atoms with Crippen molar-refractivity contribution >= 4 is 29.0 Å². The number of nitrogens with one attached hydrogen (secondary N) is 1. The first-order valence-electron chi connectivity index (χ1n) is 5.83. The van der Waals surface area contributed by atoms with Gasteiger partial charge in [0.05, 0.1) is 22.2 Å². The summed E-state index contributed by atoms with van der Waals surface area (Å²) in [5.74, 6) is 0.124. The first-order chi connectivity index (χ1) is 8.61. The second-order valence-electron chi connectivity index (χ2n) is 4.41. The van der Waals surface area contributed by atoms with E-state index in [4.69, 9.17) is 27.9 Å². The summed E-state index contributed by atoms with van der Waals surface area (Å²) in [6, 6.07) is 5.20. The monoisotopic (exact) mass is 287 g/mol.